The summed E-state index contributed by atoms with van der Waals surface area (Å²) in [5.41, 5.74) is 0. The van der Waals surface area contributed by atoms with E-state index in [2.05, 4.69) is 81.5 Å². The summed E-state index contributed by atoms with van der Waals surface area (Å²) in [6.07, 6.45) is 78.2. The van der Waals surface area contributed by atoms with Crippen LogP contribution in [0.15, 0.2) is 60.8 Å². The molecule has 0 aromatic rings. The minimum Gasteiger partial charge on any atom is -0.462 e. The first-order valence-corrected chi connectivity index (χ1v) is 31.8. The molecule has 0 spiro atoms. The number of hydrogen-bond donors (Lipinski definition) is 0. The molecule has 0 fully saturated rings. The van der Waals surface area contributed by atoms with Gasteiger partial charge in [0.05, 0.1) is 0 Å². The van der Waals surface area contributed by atoms with Gasteiger partial charge in [0, 0.05) is 19.3 Å². The molecule has 0 heterocycles. The van der Waals surface area contributed by atoms with E-state index in [0.717, 1.165) is 109 Å². The molecule has 0 aliphatic rings. The monoisotopic (exact) mass is 1020 g/mol. The molecule has 6 nitrogen and oxygen atoms in total. The fraction of sp³-hybridized carbons (Fsp3) is 0.806. The molecule has 0 radical (unpaired) electrons. The van der Waals surface area contributed by atoms with E-state index >= 15 is 0 Å². The zero-order valence-corrected chi connectivity index (χ0v) is 48.7. The van der Waals surface area contributed by atoms with Gasteiger partial charge in [-0.25, -0.2) is 0 Å². The normalized spacial score (nSPS) is 12.4. The van der Waals surface area contributed by atoms with Crippen LogP contribution in [0.5, 0.6) is 0 Å². The lowest BCUT2D eigenvalue weighted by Gasteiger charge is -2.18. The Morgan fingerprint density at radius 3 is 0.890 bits per heavy atom. The van der Waals surface area contributed by atoms with E-state index in [4.69, 9.17) is 14.2 Å². The quantitative estimate of drug-likeness (QED) is 0.0261. The SMILES string of the molecule is CC/C=C\C/C=C\C/C=C\CCCCCC(=O)OCC(COC(=O)CCCCCCCCCCCCCCCCCCCCCCCCCCCCCC)OC(=O)CCCCCCC/C=C\C/C=C\CCCC. The van der Waals surface area contributed by atoms with Crippen molar-refractivity contribution in [3.63, 3.8) is 0 Å². The van der Waals surface area contributed by atoms with Crippen molar-refractivity contribution in [3.05, 3.63) is 60.8 Å². The molecule has 424 valence electrons. The van der Waals surface area contributed by atoms with Crippen LogP contribution >= 0.6 is 0 Å². The summed E-state index contributed by atoms with van der Waals surface area (Å²) >= 11 is 0. The Morgan fingerprint density at radius 2 is 0.548 bits per heavy atom. The van der Waals surface area contributed by atoms with Crippen molar-refractivity contribution >= 4 is 17.9 Å². The summed E-state index contributed by atoms with van der Waals surface area (Å²) < 4.78 is 16.9. The number of allylic oxidation sites excluding steroid dienone is 10. The lowest BCUT2D eigenvalue weighted by molar-refractivity contribution is -0.167. The molecule has 0 amide bonds. The molecule has 73 heavy (non-hydrogen) atoms. The van der Waals surface area contributed by atoms with E-state index in [1.165, 1.54) is 180 Å². The lowest BCUT2D eigenvalue weighted by Crippen LogP contribution is -2.30. The average molecular weight is 1020 g/mol. The molecule has 6 heteroatoms. The van der Waals surface area contributed by atoms with Crippen LogP contribution in [-0.4, -0.2) is 37.2 Å². The molecule has 0 aromatic heterocycles. The Bertz CT molecular complexity index is 1310. The number of ether oxygens (including phenoxy) is 3. The first-order valence-electron chi connectivity index (χ1n) is 31.8. The van der Waals surface area contributed by atoms with Gasteiger partial charge in [0.2, 0.25) is 0 Å². The van der Waals surface area contributed by atoms with E-state index in [0.29, 0.717) is 19.3 Å². The van der Waals surface area contributed by atoms with Gasteiger partial charge >= 0.3 is 17.9 Å². The van der Waals surface area contributed by atoms with E-state index in [9.17, 15) is 14.4 Å². The van der Waals surface area contributed by atoms with Crippen molar-refractivity contribution < 1.29 is 28.6 Å². The summed E-state index contributed by atoms with van der Waals surface area (Å²) in [6.45, 7) is 6.49. The van der Waals surface area contributed by atoms with Gasteiger partial charge in [0.15, 0.2) is 6.10 Å². The molecule has 0 N–H and O–H groups in total. The number of esters is 3. The standard InChI is InChI=1S/C67H120O6/c1-4-7-10-13-16-19-22-25-27-28-29-30-31-32-33-34-35-36-37-38-39-40-43-45-48-51-54-57-60-66(69)72-63-64(62-71-65(68)59-56-53-50-47-44-41-24-21-18-15-12-9-6-3)73-67(70)61-58-55-52-49-46-42-26-23-20-17-14-11-8-5-2/h9,12,14,17-18,21,23,26,41,44,64H,4-8,10-11,13,15-16,19-20,22,24-25,27-40,42-43,45-63H2,1-3H3/b12-9-,17-14-,21-18-,26-23-,44-41-. The van der Waals surface area contributed by atoms with Crippen molar-refractivity contribution in [1.82, 2.24) is 0 Å². The van der Waals surface area contributed by atoms with Crippen LogP contribution in [0.2, 0.25) is 0 Å². The van der Waals surface area contributed by atoms with Crippen LogP contribution in [0.3, 0.4) is 0 Å². The van der Waals surface area contributed by atoms with Gasteiger partial charge in [-0.2, -0.15) is 0 Å². The number of hydrogen-bond acceptors (Lipinski definition) is 6. The Kier molecular flexibility index (Phi) is 59.2. The second-order valence-corrected chi connectivity index (χ2v) is 21.3. The molecule has 0 aliphatic heterocycles. The maximum absolute atomic E-state index is 12.8. The summed E-state index contributed by atoms with van der Waals surface area (Å²) in [4.78, 5) is 38.2. The fourth-order valence-corrected chi connectivity index (χ4v) is 9.24. The van der Waals surface area contributed by atoms with Gasteiger partial charge in [0.25, 0.3) is 0 Å². The minimum absolute atomic E-state index is 0.0869. The van der Waals surface area contributed by atoms with Gasteiger partial charge < -0.3 is 14.2 Å². The third-order valence-corrected chi connectivity index (χ3v) is 14.0. The van der Waals surface area contributed by atoms with Gasteiger partial charge in [-0.1, -0.05) is 293 Å². The van der Waals surface area contributed by atoms with Crippen molar-refractivity contribution in [2.24, 2.45) is 0 Å². The number of carbonyl (C=O) groups excluding carboxylic acids is 3. The van der Waals surface area contributed by atoms with E-state index in [1.807, 2.05) is 0 Å². The molecule has 0 aliphatic carbocycles. The van der Waals surface area contributed by atoms with Gasteiger partial charge in [0.1, 0.15) is 13.2 Å². The van der Waals surface area contributed by atoms with Crippen LogP contribution in [0, 0.1) is 0 Å². The molecule has 1 unspecified atom stereocenters. The van der Waals surface area contributed by atoms with Gasteiger partial charge in [-0.15, -0.1) is 0 Å². The molecule has 0 aromatic carbocycles. The second kappa shape index (κ2) is 61.7. The Labute approximate surface area is 453 Å². The second-order valence-electron chi connectivity index (χ2n) is 21.3. The Morgan fingerprint density at radius 1 is 0.288 bits per heavy atom. The summed E-state index contributed by atoms with van der Waals surface area (Å²) in [5.74, 6) is -0.918. The lowest BCUT2D eigenvalue weighted by atomic mass is 10.0. The molecule has 1 atom stereocenters. The third kappa shape index (κ3) is 59.9. The van der Waals surface area contributed by atoms with Gasteiger partial charge in [-0.05, 0) is 77.0 Å². The summed E-state index contributed by atoms with van der Waals surface area (Å²) in [7, 11) is 0. The third-order valence-electron chi connectivity index (χ3n) is 14.0. The first kappa shape index (κ1) is 70.1. The largest absolute Gasteiger partial charge is 0.462 e. The maximum Gasteiger partial charge on any atom is 0.306 e. The Hall–Kier alpha value is -2.89. The maximum atomic E-state index is 12.8. The van der Waals surface area contributed by atoms with Crippen LogP contribution < -0.4 is 0 Å². The zero-order chi connectivity index (χ0) is 52.9. The van der Waals surface area contributed by atoms with Crippen LogP contribution in [0.25, 0.3) is 0 Å². The van der Waals surface area contributed by atoms with E-state index in [-0.39, 0.29) is 31.1 Å². The highest BCUT2D eigenvalue weighted by atomic mass is 16.6. The van der Waals surface area contributed by atoms with E-state index in [1.54, 1.807) is 0 Å². The smallest absolute Gasteiger partial charge is 0.306 e. The predicted molar refractivity (Wildman–Crippen MR) is 316 cm³/mol. The van der Waals surface area contributed by atoms with Crippen LogP contribution in [0.4, 0.5) is 0 Å². The zero-order valence-electron chi connectivity index (χ0n) is 48.7. The molecule has 0 bridgehead atoms. The highest BCUT2D eigenvalue weighted by Gasteiger charge is 2.19. The van der Waals surface area contributed by atoms with Crippen molar-refractivity contribution in [3.8, 4) is 0 Å². The van der Waals surface area contributed by atoms with Crippen LogP contribution in [-0.2, 0) is 28.6 Å². The van der Waals surface area contributed by atoms with Crippen molar-refractivity contribution in [2.75, 3.05) is 13.2 Å². The fourth-order valence-electron chi connectivity index (χ4n) is 9.24. The topological polar surface area (TPSA) is 78.9 Å². The van der Waals surface area contributed by atoms with Crippen molar-refractivity contribution in [2.45, 2.75) is 335 Å². The number of rotatable bonds is 58. The highest BCUT2D eigenvalue weighted by molar-refractivity contribution is 5.71. The summed E-state index contributed by atoms with van der Waals surface area (Å²) in [5, 5.41) is 0. The van der Waals surface area contributed by atoms with Crippen LogP contribution in [0.1, 0.15) is 329 Å². The number of carbonyl (C=O) groups is 3. The molecule has 0 rings (SSSR count). The predicted octanol–water partition coefficient (Wildman–Crippen LogP) is 21.6. The van der Waals surface area contributed by atoms with Gasteiger partial charge in [-0.3, -0.25) is 14.4 Å². The van der Waals surface area contributed by atoms with Crippen molar-refractivity contribution in [1.29, 1.82) is 0 Å². The molecular weight excluding hydrogens is 901 g/mol. The van der Waals surface area contributed by atoms with E-state index < -0.39 is 6.10 Å². The number of unbranched alkanes of at least 4 members (excludes halogenated alkanes) is 37. The molecule has 0 saturated carbocycles. The molecule has 0 saturated heterocycles. The summed E-state index contributed by atoms with van der Waals surface area (Å²) in [6, 6.07) is 0. The molecular formula is C67H120O6. The Balaban J connectivity index is 4.18. The first-order chi connectivity index (χ1) is 36.0. The average Bonchev–Trinajstić information content (AvgIpc) is 3.39. The minimum atomic E-state index is -0.792. The highest BCUT2D eigenvalue weighted by Crippen LogP contribution is 2.18.